The van der Waals surface area contributed by atoms with Crippen LogP contribution in [-0.4, -0.2) is 22.5 Å². The van der Waals surface area contributed by atoms with Gasteiger partial charge in [0.2, 0.25) is 0 Å². The summed E-state index contributed by atoms with van der Waals surface area (Å²) in [5, 5.41) is 10.4. The number of aliphatic hydroxyl groups excluding tert-OH is 1. The van der Waals surface area contributed by atoms with Gasteiger partial charge in [0, 0.05) is 11.6 Å². The fourth-order valence-electron chi connectivity index (χ4n) is 0.702. The first-order valence-corrected chi connectivity index (χ1v) is 4.00. The maximum atomic E-state index is 11.7. The first-order valence-electron chi connectivity index (χ1n) is 3.12. The molecule has 62 valence electrons. The Balaban J connectivity index is 2.64. The van der Waals surface area contributed by atoms with Crippen molar-refractivity contribution in [3.05, 3.63) is 21.2 Å². The SMILES string of the molecule is O=c1sccn1CC(O)CF. The van der Waals surface area contributed by atoms with Crippen molar-refractivity contribution in [1.82, 2.24) is 4.57 Å². The minimum atomic E-state index is -1.07. The lowest BCUT2D eigenvalue weighted by Gasteiger charge is -2.04. The van der Waals surface area contributed by atoms with E-state index in [1.54, 1.807) is 5.38 Å². The van der Waals surface area contributed by atoms with Crippen LogP contribution in [0.5, 0.6) is 0 Å². The summed E-state index contributed by atoms with van der Waals surface area (Å²) in [6.07, 6.45) is 0.466. The van der Waals surface area contributed by atoms with E-state index in [1.807, 2.05) is 0 Å². The van der Waals surface area contributed by atoms with Crippen molar-refractivity contribution < 1.29 is 9.50 Å². The lowest BCUT2D eigenvalue weighted by molar-refractivity contribution is 0.121. The van der Waals surface area contributed by atoms with Gasteiger partial charge in [-0.3, -0.25) is 4.79 Å². The van der Waals surface area contributed by atoms with Gasteiger partial charge in [-0.1, -0.05) is 11.3 Å². The molecule has 1 heterocycles. The Bertz CT molecular complexity index is 270. The van der Waals surface area contributed by atoms with Crippen molar-refractivity contribution in [3.8, 4) is 0 Å². The zero-order chi connectivity index (χ0) is 8.27. The third kappa shape index (κ3) is 2.13. The molecule has 0 fully saturated rings. The van der Waals surface area contributed by atoms with E-state index in [0.717, 1.165) is 11.3 Å². The Morgan fingerprint density at radius 3 is 3.00 bits per heavy atom. The second kappa shape index (κ2) is 3.64. The van der Waals surface area contributed by atoms with E-state index < -0.39 is 12.8 Å². The van der Waals surface area contributed by atoms with Gasteiger partial charge in [-0.15, -0.1) is 0 Å². The minimum Gasteiger partial charge on any atom is -0.389 e. The van der Waals surface area contributed by atoms with Crippen LogP contribution in [0.1, 0.15) is 0 Å². The smallest absolute Gasteiger partial charge is 0.307 e. The van der Waals surface area contributed by atoms with Crippen LogP contribution in [-0.2, 0) is 6.54 Å². The van der Waals surface area contributed by atoms with Crippen LogP contribution in [0.4, 0.5) is 4.39 Å². The fraction of sp³-hybridized carbons (Fsp3) is 0.500. The predicted octanol–water partition coefficient (Wildman–Crippen LogP) is 0.240. The predicted molar refractivity (Wildman–Crippen MR) is 40.6 cm³/mol. The summed E-state index contributed by atoms with van der Waals surface area (Å²) in [6, 6.07) is 0. The van der Waals surface area contributed by atoms with Crippen molar-refractivity contribution in [2.24, 2.45) is 0 Å². The number of alkyl halides is 1. The number of aliphatic hydroxyl groups is 1. The average Bonchev–Trinajstić information content (AvgIpc) is 2.37. The summed E-state index contributed by atoms with van der Waals surface area (Å²) in [5.41, 5.74) is 0. The molecule has 0 aromatic carbocycles. The fourth-order valence-corrected chi connectivity index (χ4v) is 1.30. The second-order valence-corrected chi connectivity index (χ2v) is 2.99. The first-order chi connectivity index (χ1) is 5.24. The molecule has 0 spiro atoms. The Morgan fingerprint density at radius 2 is 2.55 bits per heavy atom. The molecule has 1 N–H and O–H groups in total. The van der Waals surface area contributed by atoms with Crippen molar-refractivity contribution in [3.63, 3.8) is 0 Å². The first kappa shape index (κ1) is 8.42. The van der Waals surface area contributed by atoms with Crippen LogP contribution in [0.2, 0.25) is 0 Å². The summed E-state index contributed by atoms with van der Waals surface area (Å²) in [7, 11) is 0. The number of hydrogen-bond acceptors (Lipinski definition) is 3. The van der Waals surface area contributed by atoms with Gasteiger partial charge in [-0.2, -0.15) is 0 Å². The normalized spacial score (nSPS) is 13.3. The third-order valence-electron chi connectivity index (χ3n) is 1.23. The molecule has 5 heteroatoms. The summed E-state index contributed by atoms with van der Waals surface area (Å²) in [4.78, 5) is 10.6. The lowest BCUT2D eigenvalue weighted by atomic mass is 10.4. The molecule has 1 unspecified atom stereocenters. The van der Waals surface area contributed by atoms with Gasteiger partial charge >= 0.3 is 4.87 Å². The monoisotopic (exact) mass is 177 g/mol. The van der Waals surface area contributed by atoms with Gasteiger partial charge in [-0.25, -0.2) is 4.39 Å². The van der Waals surface area contributed by atoms with Crippen LogP contribution in [0.25, 0.3) is 0 Å². The molecular formula is C6H8FNO2S. The van der Waals surface area contributed by atoms with Gasteiger partial charge in [0.05, 0.1) is 6.54 Å². The zero-order valence-electron chi connectivity index (χ0n) is 5.74. The molecule has 0 radical (unpaired) electrons. The van der Waals surface area contributed by atoms with Crippen molar-refractivity contribution >= 4 is 11.3 Å². The second-order valence-electron chi connectivity index (χ2n) is 2.13. The van der Waals surface area contributed by atoms with E-state index in [4.69, 9.17) is 5.11 Å². The van der Waals surface area contributed by atoms with Crippen LogP contribution >= 0.6 is 11.3 Å². The minimum absolute atomic E-state index is 0.0405. The van der Waals surface area contributed by atoms with Crippen molar-refractivity contribution in [1.29, 1.82) is 0 Å². The highest BCUT2D eigenvalue weighted by atomic mass is 32.1. The maximum Gasteiger partial charge on any atom is 0.307 e. The topological polar surface area (TPSA) is 42.2 Å². The summed E-state index contributed by atoms with van der Waals surface area (Å²) in [6.45, 7) is -0.777. The van der Waals surface area contributed by atoms with E-state index in [9.17, 15) is 9.18 Å². The standard InChI is InChI=1S/C6H8FNO2S/c7-3-5(9)4-8-1-2-11-6(8)10/h1-2,5,9H,3-4H2. The lowest BCUT2D eigenvalue weighted by Crippen LogP contribution is -2.23. The molecule has 0 saturated carbocycles. The van der Waals surface area contributed by atoms with Crippen LogP contribution < -0.4 is 4.87 Å². The van der Waals surface area contributed by atoms with E-state index >= 15 is 0 Å². The molecule has 0 aliphatic carbocycles. The molecular weight excluding hydrogens is 169 g/mol. The third-order valence-corrected chi connectivity index (χ3v) is 1.92. The Morgan fingerprint density at radius 1 is 1.82 bits per heavy atom. The Hall–Kier alpha value is -0.680. The van der Waals surface area contributed by atoms with Gasteiger partial charge in [0.15, 0.2) is 0 Å². The van der Waals surface area contributed by atoms with E-state index in [-0.39, 0.29) is 11.4 Å². The quantitative estimate of drug-likeness (QED) is 0.718. The van der Waals surface area contributed by atoms with E-state index in [2.05, 4.69) is 0 Å². The molecule has 11 heavy (non-hydrogen) atoms. The number of aromatic nitrogens is 1. The van der Waals surface area contributed by atoms with E-state index in [1.165, 1.54) is 10.8 Å². The van der Waals surface area contributed by atoms with Gasteiger partial charge < -0.3 is 9.67 Å². The van der Waals surface area contributed by atoms with Gasteiger partial charge in [0.1, 0.15) is 12.8 Å². The van der Waals surface area contributed by atoms with Gasteiger partial charge in [-0.05, 0) is 0 Å². The highest BCUT2D eigenvalue weighted by Gasteiger charge is 2.05. The zero-order valence-corrected chi connectivity index (χ0v) is 6.55. The summed E-state index contributed by atoms with van der Waals surface area (Å²) < 4.78 is 13.0. The number of nitrogens with zero attached hydrogens (tertiary/aromatic N) is 1. The molecule has 0 aliphatic rings. The highest BCUT2D eigenvalue weighted by molar-refractivity contribution is 7.07. The van der Waals surface area contributed by atoms with Crippen molar-refractivity contribution in [2.45, 2.75) is 12.6 Å². The largest absolute Gasteiger partial charge is 0.389 e. The van der Waals surface area contributed by atoms with Crippen molar-refractivity contribution in [2.75, 3.05) is 6.67 Å². The molecule has 0 aliphatic heterocycles. The van der Waals surface area contributed by atoms with Crippen LogP contribution in [0.3, 0.4) is 0 Å². The molecule has 0 bridgehead atoms. The van der Waals surface area contributed by atoms with Crippen LogP contribution in [0.15, 0.2) is 16.4 Å². The molecule has 0 saturated heterocycles. The number of hydrogen-bond donors (Lipinski definition) is 1. The molecule has 1 rings (SSSR count). The molecule has 0 amide bonds. The summed E-state index contributed by atoms with van der Waals surface area (Å²) >= 11 is 1.03. The maximum absolute atomic E-state index is 11.7. The Labute approximate surface area is 66.7 Å². The highest BCUT2D eigenvalue weighted by Crippen LogP contribution is 1.93. The van der Waals surface area contributed by atoms with E-state index in [0.29, 0.717) is 0 Å². The summed E-state index contributed by atoms with van der Waals surface area (Å²) in [5.74, 6) is 0. The molecule has 1 aromatic heterocycles. The molecule has 3 nitrogen and oxygen atoms in total. The average molecular weight is 177 g/mol. The Kier molecular flexibility index (Phi) is 2.78. The van der Waals surface area contributed by atoms with Gasteiger partial charge in [0.25, 0.3) is 0 Å². The number of rotatable bonds is 3. The molecule has 1 aromatic rings. The van der Waals surface area contributed by atoms with Crippen LogP contribution in [0, 0.1) is 0 Å². The number of thiazole rings is 1. The molecule has 1 atom stereocenters. The number of halogens is 1.